The van der Waals surface area contributed by atoms with Crippen LogP contribution in [0.15, 0.2) is 152 Å². The van der Waals surface area contributed by atoms with Gasteiger partial charge in [0.15, 0.2) is 0 Å². The van der Waals surface area contributed by atoms with Crippen LogP contribution in [0, 0.1) is 0 Å². The van der Waals surface area contributed by atoms with Crippen molar-refractivity contribution < 1.29 is 5.11 Å². The third kappa shape index (κ3) is 7.58. The Morgan fingerprint density at radius 3 is 1.27 bits per heavy atom. The third-order valence-electron chi connectivity index (χ3n) is 8.33. The minimum atomic E-state index is 0.369. The van der Waals surface area contributed by atoms with Crippen LogP contribution in [-0.2, 0) is 25.7 Å². The van der Waals surface area contributed by atoms with Crippen LogP contribution in [0.5, 0.6) is 5.75 Å². The van der Waals surface area contributed by atoms with Crippen molar-refractivity contribution in [2.45, 2.75) is 25.7 Å². The van der Waals surface area contributed by atoms with E-state index in [1.165, 1.54) is 22.3 Å². The van der Waals surface area contributed by atoms with Crippen LogP contribution >= 0.6 is 0 Å². The van der Waals surface area contributed by atoms with Gasteiger partial charge in [-0.05, 0) is 75.8 Å². The van der Waals surface area contributed by atoms with Gasteiger partial charge in [0, 0.05) is 5.56 Å². The van der Waals surface area contributed by atoms with Crippen LogP contribution in [0.4, 0.5) is 0 Å². The second-order valence-corrected chi connectivity index (χ2v) is 11.3. The van der Waals surface area contributed by atoms with Crippen LogP contribution in [-0.4, -0.2) is 5.11 Å². The zero-order valence-electron chi connectivity index (χ0n) is 25.5. The summed E-state index contributed by atoms with van der Waals surface area (Å²) in [5.74, 6) is 0.369. The highest BCUT2D eigenvalue weighted by atomic mass is 16.3. The number of phenolic OH excluding ortho intramolecular Hbond substituents is 1. The van der Waals surface area contributed by atoms with Gasteiger partial charge in [-0.15, -0.1) is 0 Å². The SMILES string of the molecule is Oc1c(C=Cc2ccccc2)c(C=Cc2ccccc2)c(-c2ccccc2)c(CCc2ccccc2)c1CCc1ccccc1. The van der Waals surface area contributed by atoms with Gasteiger partial charge in [0.1, 0.15) is 5.75 Å². The van der Waals surface area contributed by atoms with Crippen LogP contribution < -0.4 is 0 Å². The van der Waals surface area contributed by atoms with E-state index in [0.29, 0.717) is 5.75 Å². The van der Waals surface area contributed by atoms with E-state index >= 15 is 0 Å². The van der Waals surface area contributed by atoms with Gasteiger partial charge >= 0.3 is 0 Å². The summed E-state index contributed by atoms with van der Waals surface area (Å²) >= 11 is 0. The first-order valence-corrected chi connectivity index (χ1v) is 15.8. The van der Waals surface area contributed by atoms with Crippen molar-refractivity contribution in [3.8, 4) is 16.9 Å². The molecule has 0 amide bonds. The highest BCUT2D eigenvalue weighted by Crippen LogP contribution is 2.42. The number of phenols is 1. The molecule has 0 fully saturated rings. The molecule has 0 aromatic heterocycles. The monoisotopic (exact) mass is 582 g/mol. The number of aryl methyl sites for hydroxylation is 2. The Kier molecular flexibility index (Phi) is 9.80. The molecule has 0 unspecified atom stereocenters. The number of hydrogen-bond acceptors (Lipinski definition) is 1. The maximum Gasteiger partial charge on any atom is 0.126 e. The first kappa shape index (κ1) is 29.7. The predicted octanol–water partition coefficient (Wildman–Crippen LogP) is 11.0. The molecule has 1 N–H and O–H groups in total. The van der Waals surface area contributed by atoms with Crippen LogP contribution in [0.2, 0.25) is 0 Å². The third-order valence-corrected chi connectivity index (χ3v) is 8.33. The molecule has 45 heavy (non-hydrogen) atoms. The second kappa shape index (κ2) is 14.9. The van der Waals surface area contributed by atoms with Crippen LogP contribution in [0.25, 0.3) is 35.4 Å². The summed E-state index contributed by atoms with van der Waals surface area (Å²) in [5.41, 5.74) is 11.2. The van der Waals surface area contributed by atoms with Crippen molar-refractivity contribution >= 4 is 24.3 Å². The molecule has 0 atom stereocenters. The first-order valence-electron chi connectivity index (χ1n) is 15.8. The molecular formula is C44H38O. The van der Waals surface area contributed by atoms with Gasteiger partial charge < -0.3 is 5.11 Å². The Morgan fingerprint density at radius 2 is 0.778 bits per heavy atom. The minimum absolute atomic E-state index is 0.369. The maximum atomic E-state index is 12.3. The molecule has 0 saturated carbocycles. The van der Waals surface area contributed by atoms with Gasteiger partial charge in [0.25, 0.3) is 0 Å². The Labute approximate surface area is 267 Å². The van der Waals surface area contributed by atoms with Gasteiger partial charge in [-0.2, -0.15) is 0 Å². The van der Waals surface area contributed by atoms with Crippen LogP contribution in [0.3, 0.4) is 0 Å². The molecule has 6 aromatic rings. The lowest BCUT2D eigenvalue weighted by Gasteiger charge is -2.23. The largest absolute Gasteiger partial charge is 0.507 e. The van der Waals surface area contributed by atoms with E-state index in [1.54, 1.807) is 0 Å². The molecule has 6 rings (SSSR count). The molecule has 220 valence electrons. The molecule has 0 aliphatic rings. The molecule has 0 aliphatic carbocycles. The Bertz CT molecular complexity index is 1850. The molecular weight excluding hydrogens is 544 g/mol. The molecule has 0 aliphatic heterocycles. The van der Waals surface area contributed by atoms with E-state index < -0.39 is 0 Å². The quantitative estimate of drug-likeness (QED) is 0.151. The molecule has 0 spiro atoms. The average molecular weight is 583 g/mol. The van der Waals surface area contributed by atoms with Crippen LogP contribution in [0.1, 0.15) is 44.5 Å². The Hall–Kier alpha value is -5.40. The smallest absolute Gasteiger partial charge is 0.126 e. The van der Waals surface area contributed by atoms with Gasteiger partial charge in [0.2, 0.25) is 0 Å². The van der Waals surface area contributed by atoms with E-state index in [-0.39, 0.29) is 0 Å². The fourth-order valence-electron chi connectivity index (χ4n) is 6.02. The summed E-state index contributed by atoms with van der Waals surface area (Å²) in [7, 11) is 0. The second-order valence-electron chi connectivity index (χ2n) is 11.3. The topological polar surface area (TPSA) is 20.2 Å². The van der Waals surface area contributed by atoms with Crippen molar-refractivity contribution in [2.75, 3.05) is 0 Å². The first-order chi connectivity index (χ1) is 22.3. The normalized spacial score (nSPS) is 11.4. The number of benzene rings is 6. The molecule has 1 heteroatoms. The predicted molar refractivity (Wildman–Crippen MR) is 192 cm³/mol. The van der Waals surface area contributed by atoms with Crippen molar-refractivity contribution in [2.24, 2.45) is 0 Å². The van der Waals surface area contributed by atoms with E-state index in [4.69, 9.17) is 0 Å². The standard InChI is InChI=1S/C44H38O/c45-44-41(32-28-36-20-10-3-11-21-36)39(30-26-34-16-6-1-7-17-34)43(38-24-14-5-15-25-38)40(31-27-35-18-8-2-9-19-35)42(44)33-29-37-22-12-4-13-23-37/h1-26,28,30,32,45H,27,29,31,33H2. The fraction of sp³-hybridized carbons (Fsp3) is 0.0909. The summed E-state index contributed by atoms with van der Waals surface area (Å²) in [6.07, 6.45) is 11.8. The van der Waals surface area contributed by atoms with Gasteiger partial charge in [-0.3, -0.25) is 0 Å². The molecule has 0 bridgehead atoms. The molecule has 0 radical (unpaired) electrons. The summed E-state index contributed by atoms with van der Waals surface area (Å²) in [6.45, 7) is 0. The van der Waals surface area contributed by atoms with Crippen molar-refractivity contribution in [1.82, 2.24) is 0 Å². The highest BCUT2D eigenvalue weighted by Gasteiger charge is 2.22. The lowest BCUT2D eigenvalue weighted by molar-refractivity contribution is 0.465. The summed E-state index contributed by atoms with van der Waals surface area (Å²) in [4.78, 5) is 0. The summed E-state index contributed by atoms with van der Waals surface area (Å²) in [5, 5.41) is 12.3. The van der Waals surface area contributed by atoms with E-state index in [9.17, 15) is 5.11 Å². The number of rotatable bonds is 11. The lowest BCUT2D eigenvalue weighted by atomic mass is 9.82. The molecule has 0 heterocycles. The summed E-state index contributed by atoms with van der Waals surface area (Å²) in [6, 6.07) is 52.6. The maximum absolute atomic E-state index is 12.3. The number of aromatic hydroxyl groups is 1. The van der Waals surface area contributed by atoms with E-state index in [2.05, 4.69) is 152 Å². The minimum Gasteiger partial charge on any atom is -0.507 e. The van der Waals surface area contributed by atoms with Gasteiger partial charge in [0.05, 0.1) is 0 Å². The zero-order chi connectivity index (χ0) is 30.7. The van der Waals surface area contributed by atoms with Crippen molar-refractivity contribution in [3.63, 3.8) is 0 Å². The lowest BCUT2D eigenvalue weighted by Crippen LogP contribution is -2.07. The van der Waals surface area contributed by atoms with Crippen molar-refractivity contribution in [3.05, 3.63) is 196 Å². The zero-order valence-corrected chi connectivity index (χ0v) is 25.5. The Balaban J connectivity index is 1.59. The molecule has 0 saturated heterocycles. The summed E-state index contributed by atoms with van der Waals surface area (Å²) < 4.78 is 0. The fourth-order valence-corrected chi connectivity index (χ4v) is 6.02. The number of hydrogen-bond donors (Lipinski definition) is 1. The van der Waals surface area contributed by atoms with Gasteiger partial charge in [-0.1, -0.05) is 176 Å². The molecule has 1 nitrogen and oxygen atoms in total. The van der Waals surface area contributed by atoms with Gasteiger partial charge in [-0.25, -0.2) is 0 Å². The van der Waals surface area contributed by atoms with E-state index in [0.717, 1.165) is 59.1 Å². The Morgan fingerprint density at radius 1 is 0.378 bits per heavy atom. The average Bonchev–Trinajstić information content (AvgIpc) is 3.11. The molecule has 6 aromatic carbocycles. The van der Waals surface area contributed by atoms with Crippen molar-refractivity contribution in [1.29, 1.82) is 0 Å². The highest BCUT2D eigenvalue weighted by molar-refractivity contribution is 5.92. The van der Waals surface area contributed by atoms with E-state index in [1.807, 2.05) is 24.3 Å².